The van der Waals surface area contributed by atoms with Gasteiger partial charge in [-0.3, -0.25) is 9.36 Å². The van der Waals surface area contributed by atoms with E-state index in [4.69, 9.17) is 26.1 Å². The molecule has 44 heavy (non-hydrogen) atoms. The first-order chi connectivity index (χ1) is 21.1. The topological polar surface area (TPSA) is 74.8 Å². The molecule has 10 heteroatoms. The molecule has 0 amide bonds. The van der Waals surface area contributed by atoms with Crippen LogP contribution in [0.3, 0.4) is 0 Å². The average molecular weight is 691 g/mol. The van der Waals surface area contributed by atoms with E-state index in [0.717, 1.165) is 26.5 Å². The lowest BCUT2D eigenvalue weighted by atomic mass is 9.95. The summed E-state index contributed by atoms with van der Waals surface area (Å²) < 4.78 is 16.4. The quantitative estimate of drug-likeness (QED) is 0.180. The van der Waals surface area contributed by atoms with Gasteiger partial charge in [0.1, 0.15) is 11.8 Å². The summed E-state index contributed by atoms with van der Waals surface area (Å²) in [4.78, 5) is 33.0. The number of para-hydroxylation sites is 1. The smallest absolute Gasteiger partial charge is 0.338 e. The predicted octanol–water partition coefficient (Wildman–Crippen LogP) is 6.61. The second-order valence-electron chi connectivity index (χ2n) is 10.8. The molecule has 224 valence electrons. The van der Waals surface area contributed by atoms with Crippen LogP contribution in [0.15, 0.2) is 98.5 Å². The summed E-state index contributed by atoms with van der Waals surface area (Å²) >= 11 is 11.1. The minimum Gasteiger partial charge on any atom is -0.496 e. The number of ether oxygens (including phenoxy) is 2. The number of fused-ring (bicyclic) bond motifs is 2. The zero-order chi connectivity index (χ0) is 31.1. The van der Waals surface area contributed by atoms with Crippen LogP contribution in [0, 0.1) is 0 Å². The fraction of sp³-hybridized carbons (Fsp3) is 0.206. The molecule has 0 unspecified atom stereocenters. The van der Waals surface area contributed by atoms with E-state index in [9.17, 15) is 9.59 Å². The van der Waals surface area contributed by atoms with E-state index in [1.54, 1.807) is 32.4 Å². The van der Waals surface area contributed by atoms with Gasteiger partial charge in [0.2, 0.25) is 0 Å². The average Bonchev–Trinajstić information content (AvgIpc) is 3.48. The largest absolute Gasteiger partial charge is 0.496 e. The molecule has 3 aromatic carbocycles. The fourth-order valence-electron chi connectivity index (χ4n) is 5.57. The molecule has 0 bridgehead atoms. The molecule has 0 radical (unpaired) electrons. The number of hydrogen-bond acceptors (Lipinski definition) is 6. The maximum absolute atomic E-state index is 14.3. The van der Waals surface area contributed by atoms with Crippen molar-refractivity contribution in [2.24, 2.45) is 4.99 Å². The second kappa shape index (κ2) is 12.2. The van der Waals surface area contributed by atoms with Gasteiger partial charge in [0, 0.05) is 44.3 Å². The highest BCUT2D eigenvalue weighted by Crippen LogP contribution is 2.37. The third kappa shape index (κ3) is 5.67. The molecule has 0 fully saturated rings. The minimum atomic E-state index is -0.795. The number of benzene rings is 3. The SMILES string of the molecule is COc1ccc(Br)cc1[C@H]1C(C(=O)OC(C)C)=C(C)N=c2s/c(=C\c3cn(Cc4cccc(Cl)c4)c4ccccc34)c(=O)n21. The summed E-state index contributed by atoms with van der Waals surface area (Å²) in [5.41, 5.74) is 4.20. The third-order valence-corrected chi connectivity index (χ3v) is 9.13. The highest BCUT2D eigenvalue weighted by molar-refractivity contribution is 9.10. The van der Waals surface area contributed by atoms with E-state index < -0.39 is 12.0 Å². The van der Waals surface area contributed by atoms with Crippen molar-refractivity contribution in [1.82, 2.24) is 9.13 Å². The van der Waals surface area contributed by atoms with Gasteiger partial charge in [0.25, 0.3) is 5.56 Å². The molecular formula is C34H29BrClN3O4S. The Bertz CT molecular complexity index is 2140. The fourth-order valence-corrected chi connectivity index (χ4v) is 7.20. The van der Waals surface area contributed by atoms with Crippen LogP contribution in [0.5, 0.6) is 5.75 Å². The van der Waals surface area contributed by atoms with Crippen molar-refractivity contribution >= 4 is 61.8 Å². The van der Waals surface area contributed by atoms with Gasteiger partial charge in [-0.15, -0.1) is 0 Å². The van der Waals surface area contributed by atoms with Crippen molar-refractivity contribution < 1.29 is 14.3 Å². The zero-order valence-electron chi connectivity index (χ0n) is 24.5. The Morgan fingerprint density at radius 3 is 2.68 bits per heavy atom. The van der Waals surface area contributed by atoms with Crippen molar-refractivity contribution in [2.45, 2.75) is 39.5 Å². The molecule has 0 saturated carbocycles. The maximum Gasteiger partial charge on any atom is 0.338 e. The summed E-state index contributed by atoms with van der Waals surface area (Å²) in [6, 6.07) is 20.6. The van der Waals surface area contributed by atoms with Gasteiger partial charge >= 0.3 is 5.97 Å². The second-order valence-corrected chi connectivity index (χ2v) is 13.1. The number of methoxy groups -OCH3 is 1. The van der Waals surface area contributed by atoms with Gasteiger partial charge in [0.15, 0.2) is 4.80 Å². The molecule has 0 N–H and O–H groups in total. The van der Waals surface area contributed by atoms with Crippen LogP contribution in [0.25, 0.3) is 17.0 Å². The first-order valence-corrected chi connectivity index (χ1v) is 16.0. The van der Waals surface area contributed by atoms with E-state index >= 15 is 0 Å². The lowest BCUT2D eigenvalue weighted by Crippen LogP contribution is -2.40. The molecule has 6 rings (SSSR count). The van der Waals surface area contributed by atoms with Gasteiger partial charge in [-0.2, -0.15) is 0 Å². The Balaban J connectivity index is 1.54. The molecule has 7 nitrogen and oxygen atoms in total. The van der Waals surface area contributed by atoms with E-state index in [1.165, 1.54) is 11.3 Å². The number of thiazole rings is 1. The number of hydrogen-bond donors (Lipinski definition) is 0. The van der Waals surface area contributed by atoms with Gasteiger partial charge in [-0.05, 0) is 68.8 Å². The van der Waals surface area contributed by atoms with Crippen LogP contribution in [0.1, 0.15) is 43.5 Å². The van der Waals surface area contributed by atoms with Crippen LogP contribution < -0.4 is 19.6 Å². The lowest BCUT2D eigenvalue weighted by molar-refractivity contribution is -0.143. The number of aromatic nitrogens is 2. The highest BCUT2D eigenvalue weighted by Gasteiger charge is 2.35. The Hall–Kier alpha value is -3.92. The Morgan fingerprint density at radius 2 is 1.93 bits per heavy atom. The standard InChI is InChI=1S/C34H29BrClN3O4S/c1-19(2)43-33(41)30-20(3)37-34-39(31(30)26-16-23(35)12-13-28(26)42-4)32(40)29(44-34)15-22-18-38(27-11-6-5-10-25(22)27)17-21-8-7-9-24(36)14-21/h5-16,18-19,31H,17H2,1-4H3/b29-15-/t31-/m0/s1. The number of allylic oxidation sites excluding steroid dienone is 1. The Kier molecular flexibility index (Phi) is 8.37. The molecule has 1 aliphatic heterocycles. The first kappa shape index (κ1) is 30.1. The molecule has 2 aromatic heterocycles. The number of halogens is 2. The highest BCUT2D eigenvalue weighted by atomic mass is 79.9. The predicted molar refractivity (Wildman–Crippen MR) is 178 cm³/mol. The van der Waals surface area contributed by atoms with Gasteiger partial charge in [-0.1, -0.05) is 69.2 Å². The molecule has 0 spiro atoms. The zero-order valence-corrected chi connectivity index (χ0v) is 27.7. The van der Waals surface area contributed by atoms with Gasteiger partial charge in [0.05, 0.1) is 29.0 Å². The Morgan fingerprint density at radius 1 is 1.14 bits per heavy atom. The normalized spacial score (nSPS) is 15.1. The summed E-state index contributed by atoms with van der Waals surface area (Å²) in [5.74, 6) is 0.0213. The van der Waals surface area contributed by atoms with Crippen LogP contribution in [0.4, 0.5) is 0 Å². The monoisotopic (exact) mass is 689 g/mol. The lowest BCUT2D eigenvalue weighted by Gasteiger charge is -2.26. The van der Waals surface area contributed by atoms with E-state index in [0.29, 0.717) is 43.5 Å². The van der Waals surface area contributed by atoms with Crippen LogP contribution in [-0.4, -0.2) is 28.3 Å². The Labute approximate surface area is 271 Å². The van der Waals surface area contributed by atoms with Crippen molar-refractivity contribution in [2.75, 3.05) is 7.11 Å². The van der Waals surface area contributed by atoms with E-state index in [2.05, 4.69) is 32.8 Å². The maximum atomic E-state index is 14.3. The summed E-state index contributed by atoms with van der Waals surface area (Å²) in [5, 5.41) is 1.70. The van der Waals surface area contributed by atoms with Gasteiger partial charge < -0.3 is 14.0 Å². The van der Waals surface area contributed by atoms with E-state index in [-0.39, 0.29) is 11.7 Å². The van der Waals surface area contributed by atoms with Gasteiger partial charge in [-0.25, -0.2) is 9.79 Å². The summed E-state index contributed by atoms with van der Waals surface area (Å²) in [6.07, 6.45) is 3.61. The number of rotatable bonds is 7. The minimum absolute atomic E-state index is 0.255. The molecule has 5 aromatic rings. The number of carbonyl (C=O) groups excluding carboxylic acids is 1. The summed E-state index contributed by atoms with van der Waals surface area (Å²) in [7, 11) is 1.57. The molecular weight excluding hydrogens is 662 g/mol. The molecule has 1 aliphatic rings. The molecule has 3 heterocycles. The first-order valence-electron chi connectivity index (χ1n) is 14.0. The van der Waals surface area contributed by atoms with Crippen molar-refractivity contribution in [3.63, 3.8) is 0 Å². The molecule has 0 aliphatic carbocycles. The van der Waals surface area contributed by atoms with Crippen LogP contribution in [0.2, 0.25) is 5.02 Å². The number of nitrogens with zero attached hydrogens (tertiary/aromatic N) is 3. The van der Waals surface area contributed by atoms with Crippen molar-refractivity contribution in [1.29, 1.82) is 0 Å². The molecule has 0 saturated heterocycles. The van der Waals surface area contributed by atoms with Crippen LogP contribution >= 0.6 is 38.9 Å². The molecule has 1 atom stereocenters. The number of carbonyl (C=O) groups is 1. The van der Waals surface area contributed by atoms with E-state index in [1.807, 2.05) is 66.7 Å². The van der Waals surface area contributed by atoms with Crippen LogP contribution in [-0.2, 0) is 16.1 Å². The number of esters is 1. The van der Waals surface area contributed by atoms with Crippen molar-refractivity contribution in [3.8, 4) is 5.75 Å². The van der Waals surface area contributed by atoms with Crippen molar-refractivity contribution in [3.05, 3.63) is 130 Å². The summed E-state index contributed by atoms with van der Waals surface area (Å²) in [6.45, 7) is 5.98. The third-order valence-electron chi connectivity index (χ3n) is 7.42.